The summed E-state index contributed by atoms with van der Waals surface area (Å²) in [6, 6.07) is 5.45. The Balaban J connectivity index is 2.36. The van der Waals surface area contributed by atoms with Gasteiger partial charge in [0.15, 0.2) is 0 Å². The van der Waals surface area contributed by atoms with Crippen molar-refractivity contribution in [3.8, 4) is 11.5 Å². The van der Waals surface area contributed by atoms with Gasteiger partial charge in [0.25, 0.3) is 0 Å². The van der Waals surface area contributed by atoms with E-state index in [2.05, 4.69) is 15.9 Å². The summed E-state index contributed by atoms with van der Waals surface area (Å²) in [6.45, 7) is 0.707. The van der Waals surface area contributed by atoms with Gasteiger partial charge in [-0.2, -0.15) is 0 Å². The second-order valence-corrected chi connectivity index (χ2v) is 4.59. The van der Waals surface area contributed by atoms with Crippen LogP contribution in [0.4, 0.5) is 0 Å². The molecule has 0 saturated heterocycles. The SMILES string of the molecule is COc1ccc(OCCCCCBr)c(Cl)c1. The number of halogens is 2. The third-order valence-corrected chi connectivity index (χ3v) is 3.03. The fraction of sp³-hybridized carbons (Fsp3) is 0.500. The zero-order valence-corrected chi connectivity index (χ0v) is 11.7. The summed E-state index contributed by atoms with van der Waals surface area (Å²) in [5, 5.41) is 1.65. The lowest BCUT2D eigenvalue weighted by atomic mass is 10.2. The lowest BCUT2D eigenvalue weighted by Crippen LogP contribution is -1.98. The number of ether oxygens (including phenoxy) is 2. The average molecular weight is 308 g/mol. The molecule has 0 unspecified atom stereocenters. The number of unbranched alkanes of at least 4 members (excludes halogenated alkanes) is 2. The van der Waals surface area contributed by atoms with E-state index in [0.29, 0.717) is 11.6 Å². The van der Waals surface area contributed by atoms with Crippen LogP contribution in [-0.4, -0.2) is 19.0 Å². The van der Waals surface area contributed by atoms with E-state index >= 15 is 0 Å². The van der Waals surface area contributed by atoms with Gasteiger partial charge in [0.1, 0.15) is 11.5 Å². The average Bonchev–Trinajstić information content (AvgIpc) is 2.30. The molecular weight excluding hydrogens is 291 g/mol. The second kappa shape index (κ2) is 7.80. The molecule has 0 heterocycles. The van der Waals surface area contributed by atoms with Crippen molar-refractivity contribution in [2.75, 3.05) is 19.0 Å². The normalized spacial score (nSPS) is 10.2. The van der Waals surface area contributed by atoms with Gasteiger partial charge >= 0.3 is 0 Å². The molecule has 0 saturated carbocycles. The molecular formula is C12H16BrClO2. The summed E-state index contributed by atoms with van der Waals surface area (Å²) in [6.07, 6.45) is 3.40. The minimum Gasteiger partial charge on any atom is -0.497 e. The lowest BCUT2D eigenvalue weighted by molar-refractivity contribution is 0.306. The van der Waals surface area contributed by atoms with E-state index in [-0.39, 0.29) is 0 Å². The van der Waals surface area contributed by atoms with Crippen LogP contribution in [0.5, 0.6) is 11.5 Å². The Bertz CT molecular complexity index is 318. The number of alkyl halides is 1. The van der Waals surface area contributed by atoms with Gasteiger partial charge in [-0.3, -0.25) is 0 Å². The van der Waals surface area contributed by atoms with Crippen molar-refractivity contribution in [2.24, 2.45) is 0 Å². The predicted octanol–water partition coefficient (Wildman–Crippen LogP) is 4.29. The van der Waals surface area contributed by atoms with Crippen molar-refractivity contribution in [2.45, 2.75) is 19.3 Å². The van der Waals surface area contributed by atoms with Gasteiger partial charge in [0.2, 0.25) is 0 Å². The van der Waals surface area contributed by atoms with Crippen LogP contribution in [0, 0.1) is 0 Å². The van der Waals surface area contributed by atoms with Crippen LogP contribution in [0.1, 0.15) is 19.3 Å². The maximum absolute atomic E-state index is 6.04. The van der Waals surface area contributed by atoms with Crippen LogP contribution in [0.2, 0.25) is 5.02 Å². The maximum atomic E-state index is 6.04. The van der Waals surface area contributed by atoms with E-state index in [4.69, 9.17) is 21.1 Å². The van der Waals surface area contributed by atoms with Crippen LogP contribution in [0.15, 0.2) is 18.2 Å². The molecule has 0 aliphatic heterocycles. The minimum absolute atomic E-state index is 0.597. The van der Waals surface area contributed by atoms with Crippen molar-refractivity contribution in [3.05, 3.63) is 23.2 Å². The molecule has 0 aliphatic carbocycles. The molecule has 16 heavy (non-hydrogen) atoms. The van der Waals surface area contributed by atoms with Crippen LogP contribution >= 0.6 is 27.5 Å². The van der Waals surface area contributed by atoms with Crippen LogP contribution in [0.3, 0.4) is 0 Å². The van der Waals surface area contributed by atoms with E-state index in [1.165, 1.54) is 12.8 Å². The van der Waals surface area contributed by atoms with Gasteiger partial charge < -0.3 is 9.47 Å². The minimum atomic E-state index is 0.597. The van der Waals surface area contributed by atoms with E-state index < -0.39 is 0 Å². The zero-order valence-electron chi connectivity index (χ0n) is 9.34. The Kier molecular flexibility index (Phi) is 6.65. The summed E-state index contributed by atoms with van der Waals surface area (Å²) < 4.78 is 10.6. The molecule has 0 N–H and O–H groups in total. The van der Waals surface area contributed by atoms with Gasteiger partial charge in [-0.25, -0.2) is 0 Å². The molecule has 2 nitrogen and oxygen atoms in total. The Labute approximate surface area is 110 Å². The number of methoxy groups -OCH3 is 1. The Morgan fingerprint density at radius 3 is 2.69 bits per heavy atom. The number of hydrogen-bond donors (Lipinski definition) is 0. The Morgan fingerprint density at radius 1 is 1.25 bits per heavy atom. The van der Waals surface area contributed by atoms with Crippen molar-refractivity contribution >= 4 is 27.5 Å². The molecule has 0 atom stereocenters. The quantitative estimate of drug-likeness (QED) is 0.552. The van der Waals surface area contributed by atoms with Crippen LogP contribution in [0.25, 0.3) is 0 Å². The molecule has 0 radical (unpaired) electrons. The first-order valence-electron chi connectivity index (χ1n) is 5.30. The topological polar surface area (TPSA) is 18.5 Å². The highest BCUT2D eigenvalue weighted by atomic mass is 79.9. The highest BCUT2D eigenvalue weighted by Crippen LogP contribution is 2.28. The van der Waals surface area contributed by atoms with Crippen molar-refractivity contribution < 1.29 is 9.47 Å². The molecule has 0 aliphatic rings. The monoisotopic (exact) mass is 306 g/mol. The zero-order chi connectivity index (χ0) is 11.8. The Morgan fingerprint density at radius 2 is 2.06 bits per heavy atom. The summed E-state index contributed by atoms with van der Waals surface area (Å²) >= 11 is 9.43. The highest BCUT2D eigenvalue weighted by molar-refractivity contribution is 9.09. The Hall–Kier alpha value is -0.410. The molecule has 0 spiro atoms. The van der Waals surface area contributed by atoms with E-state index in [1.54, 1.807) is 13.2 Å². The standard InChI is InChI=1S/C12H16BrClO2/c1-15-10-5-6-12(11(14)9-10)16-8-4-2-3-7-13/h5-6,9H,2-4,7-8H2,1H3. The van der Waals surface area contributed by atoms with Gasteiger partial charge in [-0.1, -0.05) is 27.5 Å². The second-order valence-electron chi connectivity index (χ2n) is 3.39. The summed E-state index contributed by atoms with van der Waals surface area (Å²) in [5.41, 5.74) is 0. The first-order chi connectivity index (χ1) is 7.77. The molecule has 90 valence electrons. The highest BCUT2D eigenvalue weighted by Gasteiger charge is 2.02. The molecule has 1 aromatic rings. The van der Waals surface area contributed by atoms with Crippen molar-refractivity contribution in [1.29, 1.82) is 0 Å². The van der Waals surface area contributed by atoms with Crippen LogP contribution in [-0.2, 0) is 0 Å². The van der Waals surface area contributed by atoms with Crippen molar-refractivity contribution in [1.82, 2.24) is 0 Å². The maximum Gasteiger partial charge on any atom is 0.138 e. The predicted molar refractivity (Wildman–Crippen MR) is 71.1 cm³/mol. The third kappa shape index (κ3) is 4.62. The lowest BCUT2D eigenvalue weighted by Gasteiger charge is -2.08. The first kappa shape index (κ1) is 13.7. The molecule has 4 heteroatoms. The van der Waals surface area contributed by atoms with E-state index in [9.17, 15) is 0 Å². The van der Waals surface area contributed by atoms with Gasteiger partial charge in [-0.05, 0) is 31.4 Å². The molecule has 0 fully saturated rings. The molecule has 1 aromatic carbocycles. The smallest absolute Gasteiger partial charge is 0.138 e. The largest absolute Gasteiger partial charge is 0.497 e. The summed E-state index contributed by atoms with van der Waals surface area (Å²) in [5.74, 6) is 1.47. The fourth-order valence-corrected chi connectivity index (χ4v) is 1.90. The molecule has 0 amide bonds. The summed E-state index contributed by atoms with van der Waals surface area (Å²) in [4.78, 5) is 0. The number of rotatable bonds is 7. The van der Waals surface area contributed by atoms with Gasteiger partial charge in [0, 0.05) is 11.4 Å². The number of benzene rings is 1. The van der Waals surface area contributed by atoms with E-state index in [0.717, 1.165) is 23.2 Å². The first-order valence-corrected chi connectivity index (χ1v) is 6.80. The van der Waals surface area contributed by atoms with Gasteiger partial charge in [-0.15, -0.1) is 0 Å². The molecule has 0 aromatic heterocycles. The number of hydrogen-bond acceptors (Lipinski definition) is 2. The fourth-order valence-electron chi connectivity index (χ4n) is 1.28. The van der Waals surface area contributed by atoms with Gasteiger partial charge in [0.05, 0.1) is 18.7 Å². The summed E-state index contributed by atoms with van der Waals surface area (Å²) in [7, 11) is 1.62. The van der Waals surface area contributed by atoms with E-state index in [1.807, 2.05) is 12.1 Å². The molecule has 1 rings (SSSR count). The van der Waals surface area contributed by atoms with Crippen LogP contribution < -0.4 is 9.47 Å². The third-order valence-electron chi connectivity index (χ3n) is 2.17. The molecule has 0 bridgehead atoms. The van der Waals surface area contributed by atoms with Crippen molar-refractivity contribution in [3.63, 3.8) is 0 Å².